The molecule has 4 nitrogen and oxygen atoms in total. The normalized spacial score (nSPS) is 23.7. The summed E-state index contributed by atoms with van der Waals surface area (Å²) in [5.74, 6) is -1.71. The van der Waals surface area contributed by atoms with Gasteiger partial charge >= 0.3 is 5.97 Å². The Kier molecular flexibility index (Phi) is 3.50. The first-order valence-corrected chi connectivity index (χ1v) is 5.13. The molecule has 0 radical (unpaired) electrons. The van der Waals surface area contributed by atoms with Crippen molar-refractivity contribution in [3.05, 3.63) is 12.7 Å². The topological polar surface area (TPSA) is 57.6 Å². The minimum atomic E-state index is -0.865. The number of nitrogens with zero attached hydrogens (tertiary/aromatic N) is 1. The summed E-state index contributed by atoms with van der Waals surface area (Å²) in [6, 6.07) is 0.0885. The number of hydrogen-bond donors (Lipinski definition) is 1. The van der Waals surface area contributed by atoms with Crippen molar-refractivity contribution in [1.82, 2.24) is 4.90 Å². The van der Waals surface area contributed by atoms with E-state index >= 15 is 0 Å². The summed E-state index contributed by atoms with van der Waals surface area (Å²) in [4.78, 5) is 24.2. The van der Waals surface area contributed by atoms with E-state index in [4.69, 9.17) is 5.11 Å². The van der Waals surface area contributed by atoms with Crippen LogP contribution in [0.25, 0.3) is 0 Å². The van der Waals surface area contributed by atoms with Gasteiger partial charge in [0.15, 0.2) is 0 Å². The molecule has 1 aliphatic carbocycles. The molecule has 0 aliphatic heterocycles. The second-order valence-corrected chi connectivity index (χ2v) is 4.16. The lowest BCUT2D eigenvalue weighted by Crippen LogP contribution is -2.38. The van der Waals surface area contributed by atoms with Crippen molar-refractivity contribution in [1.29, 1.82) is 0 Å². The number of carbonyl (C=O) groups excluding carboxylic acids is 1. The van der Waals surface area contributed by atoms with Crippen LogP contribution in [0.4, 0.5) is 0 Å². The van der Waals surface area contributed by atoms with Gasteiger partial charge in [0.1, 0.15) is 0 Å². The molecule has 1 N–H and O–H groups in total. The fraction of sp³-hybridized carbons (Fsp3) is 0.636. The third-order valence-electron chi connectivity index (χ3n) is 2.66. The quantitative estimate of drug-likeness (QED) is 0.693. The number of amides is 1. The minimum Gasteiger partial charge on any atom is -0.481 e. The Labute approximate surface area is 89.6 Å². The van der Waals surface area contributed by atoms with Crippen molar-refractivity contribution in [2.24, 2.45) is 11.8 Å². The molecule has 1 fully saturated rings. The Morgan fingerprint density at radius 3 is 2.47 bits per heavy atom. The first-order chi connectivity index (χ1) is 6.99. The van der Waals surface area contributed by atoms with Crippen molar-refractivity contribution in [2.45, 2.75) is 26.3 Å². The smallest absolute Gasteiger partial charge is 0.307 e. The predicted molar refractivity (Wildman–Crippen MR) is 56.3 cm³/mol. The molecular weight excluding hydrogens is 194 g/mol. The maximum atomic E-state index is 11.9. The summed E-state index contributed by atoms with van der Waals surface area (Å²) in [7, 11) is 0. The standard InChI is InChI=1S/C11H17NO3/c1-4-5-12(7(2)3)10(13)8-6-9(8)11(14)15/h4,7-9H,1,5-6H2,2-3H3,(H,14,15)/t8-,9+/m1/s1. The van der Waals surface area contributed by atoms with Gasteiger partial charge in [-0.3, -0.25) is 9.59 Å². The number of rotatable bonds is 5. The summed E-state index contributed by atoms with van der Waals surface area (Å²) in [5.41, 5.74) is 0. The van der Waals surface area contributed by atoms with Gasteiger partial charge < -0.3 is 10.0 Å². The minimum absolute atomic E-state index is 0.0581. The summed E-state index contributed by atoms with van der Waals surface area (Å²) < 4.78 is 0. The van der Waals surface area contributed by atoms with Crippen LogP contribution in [0.1, 0.15) is 20.3 Å². The average Bonchev–Trinajstić information content (AvgIpc) is 2.91. The third-order valence-corrected chi connectivity index (χ3v) is 2.66. The molecule has 0 aromatic rings. The molecule has 2 atom stereocenters. The molecule has 1 aliphatic rings. The zero-order valence-electron chi connectivity index (χ0n) is 9.14. The molecule has 0 bridgehead atoms. The molecule has 84 valence electrons. The van der Waals surface area contributed by atoms with Gasteiger partial charge in [-0.2, -0.15) is 0 Å². The van der Waals surface area contributed by atoms with Crippen molar-refractivity contribution in [2.75, 3.05) is 6.54 Å². The monoisotopic (exact) mass is 211 g/mol. The Hall–Kier alpha value is -1.32. The van der Waals surface area contributed by atoms with Gasteiger partial charge in [-0.15, -0.1) is 6.58 Å². The van der Waals surface area contributed by atoms with Crippen molar-refractivity contribution in [3.63, 3.8) is 0 Å². The molecule has 0 unspecified atom stereocenters. The van der Waals surface area contributed by atoms with E-state index in [0.717, 1.165) is 0 Å². The third kappa shape index (κ3) is 2.58. The van der Waals surface area contributed by atoms with E-state index in [2.05, 4.69) is 6.58 Å². The summed E-state index contributed by atoms with van der Waals surface area (Å²) >= 11 is 0. The van der Waals surface area contributed by atoms with Gasteiger partial charge in [0.2, 0.25) is 5.91 Å². The number of hydrogen-bond acceptors (Lipinski definition) is 2. The first-order valence-electron chi connectivity index (χ1n) is 5.13. The zero-order chi connectivity index (χ0) is 11.6. The SMILES string of the molecule is C=CCN(C(=O)[C@@H]1C[C@@H]1C(=O)O)C(C)C. The number of carboxylic acids is 1. The Balaban J connectivity index is 2.59. The highest BCUT2D eigenvalue weighted by molar-refractivity contribution is 5.89. The van der Waals surface area contributed by atoms with Gasteiger partial charge in [-0.1, -0.05) is 6.08 Å². The van der Waals surface area contributed by atoms with Gasteiger partial charge in [0.05, 0.1) is 11.8 Å². The fourth-order valence-electron chi connectivity index (χ4n) is 1.65. The highest BCUT2D eigenvalue weighted by Crippen LogP contribution is 2.40. The summed E-state index contributed by atoms with van der Waals surface area (Å²) in [5, 5.41) is 8.73. The van der Waals surface area contributed by atoms with Crippen LogP contribution in [0.5, 0.6) is 0 Å². The molecular formula is C11H17NO3. The van der Waals surface area contributed by atoms with Crippen LogP contribution in [-0.2, 0) is 9.59 Å². The molecule has 4 heteroatoms. The highest BCUT2D eigenvalue weighted by atomic mass is 16.4. The van der Waals surface area contributed by atoms with E-state index in [1.54, 1.807) is 11.0 Å². The summed E-state index contributed by atoms with van der Waals surface area (Å²) in [6.45, 7) is 7.91. The number of aliphatic carboxylic acids is 1. The lowest BCUT2D eigenvalue weighted by atomic mass is 10.2. The molecule has 0 spiro atoms. The van der Waals surface area contributed by atoms with Gasteiger partial charge in [-0.05, 0) is 20.3 Å². The van der Waals surface area contributed by atoms with Gasteiger partial charge in [0, 0.05) is 12.6 Å². The fourth-order valence-corrected chi connectivity index (χ4v) is 1.65. The molecule has 15 heavy (non-hydrogen) atoms. The van der Waals surface area contributed by atoms with Gasteiger partial charge in [0.25, 0.3) is 0 Å². The predicted octanol–water partition coefficient (Wildman–Crippen LogP) is 1.13. The summed E-state index contributed by atoms with van der Waals surface area (Å²) in [6.07, 6.45) is 2.14. The highest BCUT2D eigenvalue weighted by Gasteiger charge is 2.49. The van der Waals surface area contributed by atoms with Crippen molar-refractivity contribution < 1.29 is 14.7 Å². The maximum Gasteiger partial charge on any atom is 0.307 e. The van der Waals surface area contributed by atoms with Crippen molar-refractivity contribution >= 4 is 11.9 Å². The van der Waals surface area contributed by atoms with E-state index < -0.39 is 11.9 Å². The van der Waals surface area contributed by atoms with Crippen LogP contribution in [0, 0.1) is 11.8 Å². The van der Waals surface area contributed by atoms with Gasteiger partial charge in [-0.25, -0.2) is 0 Å². The molecule has 0 heterocycles. The van der Waals surface area contributed by atoms with Crippen LogP contribution in [0.2, 0.25) is 0 Å². The van der Waals surface area contributed by atoms with E-state index in [9.17, 15) is 9.59 Å². The van der Waals surface area contributed by atoms with E-state index in [0.29, 0.717) is 13.0 Å². The van der Waals surface area contributed by atoms with Crippen LogP contribution in [0.15, 0.2) is 12.7 Å². The molecule has 1 rings (SSSR count). The number of carboxylic acid groups (broad SMARTS) is 1. The van der Waals surface area contributed by atoms with Crippen LogP contribution >= 0.6 is 0 Å². The lowest BCUT2D eigenvalue weighted by Gasteiger charge is -2.25. The van der Waals surface area contributed by atoms with E-state index in [1.165, 1.54) is 0 Å². The lowest BCUT2D eigenvalue weighted by molar-refractivity contribution is -0.142. The second-order valence-electron chi connectivity index (χ2n) is 4.16. The molecule has 0 saturated heterocycles. The molecule has 0 aromatic heterocycles. The molecule has 0 aromatic carbocycles. The zero-order valence-corrected chi connectivity index (χ0v) is 9.14. The Morgan fingerprint density at radius 1 is 1.53 bits per heavy atom. The maximum absolute atomic E-state index is 11.9. The van der Waals surface area contributed by atoms with Crippen LogP contribution < -0.4 is 0 Å². The number of carbonyl (C=O) groups is 2. The Bertz CT molecular complexity index is 286. The first kappa shape index (κ1) is 11.8. The molecule has 1 saturated carbocycles. The van der Waals surface area contributed by atoms with E-state index in [1.807, 2.05) is 13.8 Å². The van der Waals surface area contributed by atoms with Crippen LogP contribution in [0.3, 0.4) is 0 Å². The molecule has 1 amide bonds. The van der Waals surface area contributed by atoms with E-state index in [-0.39, 0.29) is 17.9 Å². The second kappa shape index (κ2) is 4.47. The van der Waals surface area contributed by atoms with Crippen LogP contribution in [-0.4, -0.2) is 34.5 Å². The van der Waals surface area contributed by atoms with Crippen molar-refractivity contribution in [3.8, 4) is 0 Å². The average molecular weight is 211 g/mol. The largest absolute Gasteiger partial charge is 0.481 e. The Morgan fingerprint density at radius 2 is 2.13 bits per heavy atom.